The van der Waals surface area contributed by atoms with Crippen molar-refractivity contribution in [3.8, 4) is 5.88 Å². The van der Waals surface area contributed by atoms with Crippen molar-refractivity contribution < 1.29 is 9.90 Å². The summed E-state index contributed by atoms with van der Waals surface area (Å²) in [5.74, 6) is -0.119. The van der Waals surface area contributed by atoms with Gasteiger partial charge in [0.05, 0.1) is 11.8 Å². The molecule has 3 rings (SSSR count). The molecule has 0 atom stereocenters. The normalized spacial score (nSPS) is 14.4. The van der Waals surface area contributed by atoms with Crippen molar-refractivity contribution in [3.63, 3.8) is 0 Å². The van der Waals surface area contributed by atoms with Gasteiger partial charge in [-0.15, -0.1) is 0 Å². The maximum Gasteiger partial charge on any atom is 0.258 e. The Morgan fingerprint density at radius 3 is 2.67 bits per heavy atom. The first-order valence-electron chi connectivity index (χ1n) is 9.35. The van der Waals surface area contributed by atoms with Gasteiger partial charge in [0.2, 0.25) is 11.8 Å². The van der Waals surface area contributed by atoms with Gasteiger partial charge in [-0.1, -0.05) is 54.9 Å². The average Bonchev–Trinajstić information content (AvgIpc) is 3.18. The van der Waals surface area contributed by atoms with Gasteiger partial charge < -0.3 is 10.0 Å². The Morgan fingerprint density at radius 2 is 2.00 bits per heavy atom. The molecule has 0 unspecified atom stereocenters. The number of benzene rings is 1. The van der Waals surface area contributed by atoms with Crippen LogP contribution in [0.25, 0.3) is 0 Å². The molecule has 2 aromatic rings. The molecule has 6 nitrogen and oxygen atoms in total. The second kappa shape index (κ2) is 9.08. The third-order valence-electron chi connectivity index (χ3n) is 4.87. The molecule has 0 aliphatic heterocycles. The summed E-state index contributed by atoms with van der Waals surface area (Å²) in [6.07, 6.45) is 4.04. The van der Waals surface area contributed by atoms with Crippen molar-refractivity contribution in [2.24, 2.45) is 0 Å². The predicted octanol–water partition coefficient (Wildman–Crippen LogP) is 3.20. The van der Waals surface area contributed by atoms with Gasteiger partial charge in [-0.2, -0.15) is 4.98 Å². The van der Waals surface area contributed by atoms with Gasteiger partial charge >= 0.3 is 0 Å². The molecule has 1 aliphatic carbocycles. The van der Waals surface area contributed by atoms with Crippen LogP contribution < -0.4 is 5.56 Å². The average molecular weight is 388 g/mol. The van der Waals surface area contributed by atoms with E-state index in [1.807, 2.05) is 37.3 Å². The van der Waals surface area contributed by atoms with E-state index in [1.54, 1.807) is 9.47 Å². The SMILES string of the molecule is CCN(Cc1ccccc1)C(=O)CSc1nc(O)cc(=O)n1C1CCCC1. The summed E-state index contributed by atoms with van der Waals surface area (Å²) in [4.78, 5) is 31.0. The van der Waals surface area contributed by atoms with E-state index in [-0.39, 0.29) is 29.1 Å². The largest absolute Gasteiger partial charge is 0.493 e. The van der Waals surface area contributed by atoms with Crippen molar-refractivity contribution >= 4 is 17.7 Å². The van der Waals surface area contributed by atoms with Crippen LogP contribution in [0.1, 0.15) is 44.2 Å². The first kappa shape index (κ1) is 19.5. The number of thioether (sulfide) groups is 1. The Balaban J connectivity index is 1.71. The van der Waals surface area contributed by atoms with Gasteiger partial charge in [0, 0.05) is 19.1 Å². The molecule has 1 fully saturated rings. The predicted molar refractivity (Wildman–Crippen MR) is 106 cm³/mol. The van der Waals surface area contributed by atoms with E-state index >= 15 is 0 Å². The third kappa shape index (κ3) is 4.91. The molecule has 0 bridgehead atoms. The molecular weight excluding hydrogens is 362 g/mol. The zero-order valence-electron chi connectivity index (χ0n) is 15.5. The first-order valence-corrected chi connectivity index (χ1v) is 10.3. The van der Waals surface area contributed by atoms with Crippen LogP contribution in [0.3, 0.4) is 0 Å². The van der Waals surface area contributed by atoms with E-state index in [2.05, 4.69) is 4.98 Å². The zero-order chi connectivity index (χ0) is 19.2. The lowest BCUT2D eigenvalue weighted by Crippen LogP contribution is -2.32. The van der Waals surface area contributed by atoms with Gasteiger partial charge in [-0.25, -0.2) is 0 Å². The highest BCUT2D eigenvalue weighted by molar-refractivity contribution is 7.99. The fourth-order valence-electron chi connectivity index (χ4n) is 3.46. The van der Waals surface area contributed by atoms with E-state index in [4.69, 9.17) is 0 Å². The highest BCUT2D eigenvalue weighted by atomic mass is 32.2. The number of carbonyl (C=O) groups is 1. The zero-order valence-corrected chi connectivity index (χ0v) is 16.3. The highest BCUT2D eigenvalue weighted by Gasteiger charge is 2.23. The molecule has 1 aromatic heterocycles. The number of rotatable bonds is 7. The maximum absolute atomic E-state index is 12.7. The van der Waals surface area contributed by atoms with E-state index in [0.29, 0.717) is 18.2 Å². The minimum Gasteiger partial charge on any atom is -0.493 e. The highest BCUT2D eigenvalue weighted by Crippen LogP contribution is 2.31. The summed E-state index contributed by atoms with van der Waals surface area (Å²) in [5, 5.41) is 10.2. The summed E-state index contributed by atoms with van der Waals surface area (Å²) in [5.41, 5.74) is 0.831. The van der Waals surface area contributed by atoms with Crippen molar-refractivity contribution in [1.29, 1.82) is 0 Å². The lowest BCUT2D eigenvalue weighted by Gasteiger charge is -2.22. The molecule has 7 heteroatoms. The standard InChI is InChI=1S/C20H25N3O3S/c1-2-22(13-15-8-4-3-5-9-15)19(26)14-27-20-21-17(24)12-18(25)23(20)16-10-6-7-11-16/h3-5,8-9,12,16,24H,2,6-7,10-11,13-14H2,1H3. The molecular formula is C20H25N3O3S. The Morgan fingerprint density at radius 1 is 1.30 bits per heavy atom. The molecule has 144 valence electrons. The third-order valence-corrected chi connectivity index (χ3v) is 5.81. The molecule has 0 saturated heterocycles. The summed E-state index contributed by atoms with van der Waals surface area (Å²) in [7, 11) is 0. The second-order valence-corrected chi connectivity index (χ2v) is 7.67. The molecule has 1 amide bonds. The quantitative estimate of drug-likeness (QED) is 0.583. The fraction of sp³-hybridized carbons (Fsp3) is 0.450. The number of amides is 1. The van der Waals surface area contributed by atoms with Gasteiger partial charge in [0.25, 0.3) is 5.56 Å². The lowest BCUT2D eigenvalue weighted by atomic mass is 10.2. The van der Waals surface area contributed by atoms with E-state index in [9.17, 15) is 14.7 Å². The minimum atomic E-state index is -0.291. The molecule has 27 heavy (non-hydrogen) atoms. The summed E-state index contributed by atoms with van der Waals surface area (Å²) in [6.45, 7) is 3.11. The van der Waals surface area contributed by atoms with E-state index in [0.717, 1.165) is 37.3 Å². The van der Waals surface area contributed by atoms with Crippen molar-refractivity contribution in [2.45, 2.75) is 50.4 Å². The first-order chi connectivity index (χ1) is 13.1. The number of aromatic nitrogens is 2. The molecule has 1 aromatic carbocycles. The second-order valence-electron chi connectivity index (χ2n) is 6.73. The number of hydrogen-bond acceptors (Lipinski definition) is 5. The van der Waals surface area contributed by atoms with Gasteiger partial charge in [0.15, 0.2) is 5.16 Å². The van der Waals surface area contributed by atoms with Gasteiger partial charge in [-0.3, -0.25) is 14.2 Å². The van der Waals surface area contributed by atoms with Crippen molar-refractivity contribution in [3.05, 3.63) is 52.3 Å². The number of carbonyl (C=O) groups excluding carboxylic acids is 1. The topological polar surface area (TPSA) is 75.4 Å². The van der Waals surface area contributed by atoms with Gasteiger partial charge in [-0.05, 0) is 25.3 Å². The maximum atomic E-state index is 12.7. The van der Waals surface area contributed by atoms with Crippen LogP contribution in [0.15, 0.2) is 46.3 Å². The molecule has 1 saturated carbocycles. The smallest absolute Gasteiger partial charge is 0.258 e. The van der Waals surface area contributed by atoms with Crippen LogP contribution in [-0.4, -0.2) is 37.8 Å². The van der Waals surface area contributed by atoms with Crippen LogP contribution >= 0.6 is 11.8 Å². The Bertz CT molecular complexity index is 832. The summed E-state index contributed by atoms with van der Waals surface area (Å²) in [6, 6.07) is 11.1. The molecule has 0 spiro atoms. The molecule has 1 heterocycles. The van der Waals surface area contributed by atoms with Gasteiger partial charge in [0.1, 0.15) is 0 Å². The molecule has 0 radical (unpaired) electrons. The number of nitrogens with zero attached hydrogens (tertiary/aromatic N) is 3. The monoisotopic (exact) mass is 387 g/mol. The van der Waals surface area contributed by atoms with Crippen LogP contribution in [0.5, 0.6) is 5.88 Å². The van der Waals surface area contributed by atoms with E-state index in [1.165, 1.54) is 11.8 Å². The van der Waals surface area contributed by atoms with Crippen LogP contribution in [-0.2, 0) is 11.3 Å². The van der Waals surface area contributed by atoms with Crippen LogP contribution in [0, 0.1) is 0 Å². The number of hydrogen-bond donors (Lipinski definition) is 1. The molecule has 1 N–H and O–H groups in total. The summed E-state index contributed by atoms with van der Waals surface area (Å²) >= 11 is 1.23. The minimum absolute atomic E-state index is 0.0121. The van der Waals surface area contributed by atoms with Crippen LogP contribution in [0.2, 0.25) is 0 Å². The number of aromatic hydroxyl groups is 1. The molecule has 1 aliphatic rings. The van der Waals surface area contributed by atoms with E-state index < -0.39 is 0 Å². The summed E-state index contributed by atoms with van der Waals surface area (Å²) < 4.78 is 1.65. The van der Waals surface area contributed by atoms with Crippen molar-refractivity contribution in [1.82, 2.24) is 14.5 Å². The Labute approximate surface area is 163 Å². The lowest BCUT2D eigenvalue weighted by molar-refractivity contribution is -0.128. The van der Waals surface area contributed by atoms with Crippen molar-refractivity contribution in [2.75, 3.05) is 12.3 Å². The van der Waals surface area contributed by atoms with Crippen LogP contribution in [0.4, 0.5) is 0 Å². The fourth-order valence-corrected chi connectivity index (χ4v) is 4.43. The Hall–Kier alpha value is -2.28. The Kier molecular flexibility index (Phi) is 6.55.